The third-order valence-electron chi connectivity index (χ3n) is 5.13. The number of pyridine rings is 1. The molecule has 2 aromatic heterocycles. The van der Waals surface area contributed by atoms with Gasteiger partial charge in [0.25, 0.3) is 0 Å². The number of nitrogens with one attached hydrogen (secondary N) is 1. The number of thioether (sulfide) groups is 1. The van der Waals surface area contributed by atoms with Crippen molar-refractivity contribution >= 4 is 47.2 Å². The van der Waals surface area contributed by atoms with Crippen LogP contribution < -0.4 is 0 Å². The lowest BCUT2D eigenvalue weighted by atomic mass is 9.93. The zero-order chi connectivity index (χ0) is 18.1. The van der Waals surface area contributed by atoms with E-state index in [1.807, 2.05) is 36.6 Å². The number of hydrogen-bond acceptors (Lipinski definition) is 3. The predicted octanol–water partition coefficient (Wildman–Crippen LogP) is 7.42. The van der Waals surface area contributed by atoms with Crippen LogP contribution in [0.1, 0.15) is 44.2 Å². The maximum atomic E-state index is 12.9. The first-order chi connectivity index (χ1) is 12.7. The fourth-order valence-electron chi connectivity index (χ4n) is 3.89. The number of halogens is 1. The highest BCUT2D eigenvalue weighted by atomic mass is 32.2. The molecule has 2 nitrogen and oxygen atoms in total. The molecule has 0 amide bonds. The lowest BCUT2D eigenvalue weighted by molar-refractivity contribution is 0.445. The number of allylic oxidation sites excluding steroid dienone is 5. The van der Waals surface area contributed by atoms with Gasteiger partial charge in [-0.1, -0.05) is 43.1 Å². The van der Waals surface area contributed by atoms with Gasteiger partial charge in [-0.25, -0.2) is 0 Å². The maximum absolute atomic E-state index is 12.9. The summed E-state index contributed by atoms with van der Waals surface area (Å²) in [7, 11) is 0. The average molecular weight is 405 g/mol. The third-order valence-corrected chi connectivity index (χ3v) is 7.10. The van der Waals surface area contributed by atoms with Crippen molar-refractivity contribution in [1.29, 1.82) is 0 Å². The minimum absolute atomic E-state index is 0.296. The molecule has 0 spiro atoms. The summed E-state index contributed by atoms with van der Waals surface area (Å²) in [6.45, 7) is 3.31. The van der Waals surface area contributed by atoms with Crippen LogP contribution in [-0.2, 0) is 6.54 Å². The number of aromatic nitrogens is 2. The van der Waals surface area contributed by atoms with Crippen molar-refractivity contribution in [3.05, 3.63) is 56.6 Å². The van der Waals surface area contributed by atoms with Gasteiger partial charge in [0.05, 0.1) is 16.7 Å². The number of H-pyrrole nitrogens is 1. The van der Waals surface area contributed by atoms with Crippen molar-refractivity contribution in [3.8, 4) is 0 Å². The first-order valence-corrected chi connectivity index (χ1v) is 10.9. The van der Waals surface area contributed by atoms with E-state index in [4.69, 9.17) is 12.2 Å². The number of fused-ring (bicyclic) bond motifs is 3. The third kappa shape index (κ3) is 3.23. The molecule has 1 unspecified atom stereocenters. The average Bonchev–Trinajstić information content (AvgIpc) is 2.83. The number of nitrogens with zero attached hydrogens (tertiary/aromatic N) is 1. The van der Waals surface area contributed by atoms with E-state index < -0.39 is 0 Å². The first-order valence-electron chi connectivity index (χ1n) is 9.00. The normalized spacial score (nSPS) is 19.8. The molecule has 0 bridgehead atoms. The molecule has 4 rings (SSSR count). The molecular formula is C20H21FN2S3. The summed E-state index contributed by atoms with van der Waals surface area (Å²) in [5.74, 6) is 0.566. The van der Waals surface area contributed by atoms with Crippen LogP contribution in [0.3, 0.4) is 0 Å². The van der Waals surface area contributed by atoms with Crippen LogP contribution in [0.15, 0.2) is 51.3 Å². The van der Waals surface area contributed by atoms with Crippen LogP contribution in [0.25, 0.3) is 11.0 Å². The molecule has 0 saturated heterocycles. The van der Waals surface area contributed by atoms with Crippen LogP contribution in [0.4, 0.5) is 3.89 Å². The molecule has 0 aromatic carbocycles. The van der Waals surface area contributed by atoms with E-state index in [-0.39, 0.29) is 0 Å². The summed E-state index contributed by atoms with van der Waals surface area (Å²) >= 11 is 7.79. The Balaban J connectivity index is 1.87. The Morgan fingerprint density at radius 1 is 1.38 bits per heavy atom. The Labute approximate surface area is 166 Å². The summed E-state index contributed by atoms with van der Waals surface area (Å²) in [6.07, 6.45) is 14.1. The van der Waals surface area contributed by atoms with Gasteiger partial charge in [-0.3, -0.25) is 0 Å². The molecule has 1 aliphatic heterocycles. The lowest BCUT2D eigenvalue weighted by Gasteiger charge is -2.25. The van der Waals surface area contributed by atoms with E-state index in [1.165, 1.54) is 33.7 Å². The van der Waals surface area contributed by atoms with Gasteiger partial charge in [0, 0.05) is 39.5 Å². The minimum Gasteiger partial charge on any atom is -0.347 e. The Morgan fingerprint density at radius 3 is 3.08 bits per heavy atom. The smallest absolute Gasteiger partial charge is 0.120 e. The van der Waals surface area contributed by atoms with E-state index in [2.05, 4.69) is 16.5 Å². The van der Waals surface area contributed by atoms with Crippen molar-refractivity contribution in [3.63, 3.8) is 0 Å². The molecule has 0 fully saturated rings. The summed E-state index contributed by atoms with van der Waals surface area (Å²) in [5, 5.41) is 1.17. The SMILES string of the molecule is CCC1CCCn2c1c(SC1=CC=C(SF)C=CC1)c1c(=S)cc[nH]c12. The van der Waals surface area contributed by atoms with E-state index in [0.717, 1.165) is 29.5 Å². The molecule has 0 radical (unpaired) electrons. The highest BCUT2D eigenvalue weighted by Gasteiger charge is 2.28. The molecule has 0 saturated carbocycles. The van der Waals surface area contributed by atoms with Gasteiger partial charge in [-0.2, -0.15) is 3.89 Å². The topological polar surface area (TPSA) is 20.7 Å². The van der Waals surface area contributed by atoms with Crippen molar-refractivity contribution in [2.24, 2.45) is 0 Å². The molecule has 2 aromatic rings. The minimum atomic E-state index is 0.296. The van der Waals surface area contributed by atoms with Gasteiger partial charge < -0.3 is 9.55 Å². The molecular weight excluding hydrogens is 383 g/mol. The molecule has 3 heterocycles. The fraction of sp³-hybridized carbons (Fsp3) is 0.350. The maximum Gasteiger partial charge on any atom is 0.120 e. The molecule has 1 aliphatic carbocycles. The van der Waals surface area contributed by atoms with E-state index in [0.29, 0.717) is 23.0 Å². The number of rotatable bonds is 4. The van der Waals surface area contributed by atoms with Crippen LogP contribution in [0, 0.1) is 4.51 Å². The second-order valence-electron chi connectivity index (χ2n) is 6.67. The Morgan fingerprint density at radius 2 is 2.27 bits per heavy atom. The van der Waals surface area contributed by atoms with Gasteiger partial charge in [-0.15, -0.1) is 0 Å². The Bertz CT molecular complexity index is 981. The highest BCUT2D eigenvalue weighted by Crippen LogP contribution is 2.46. The molecule has 1 N–H and O–H groups in total. The van der Waals surface area contributed by atoms with Crippen LogP contribution >= 0.6 is 36.1 Å². The van der Waals surface area contributed by atoms with Crippen LogP contribution in [0.2, 0.25) is 0 Å². The second kappa shape index (κ2) is 7.79. The standard InChI is InChI=1S/C20H21FN2S3/c1-2-13-5-4-12-23-18(13)19(17-16(24)10-11-22-20(17)23)25-14-6-3-7-15(26-21)9-8-14/h3,7-11,13H,2,4-6,12H2,1H3,(H,22,24). The Hall–Kier alpha value is -1.24. The van der Waals surface area contributed by atoms with Gasteiger partial charge in [-0.05, 0) is 48.8 Å². The van der Waals surface area contributed by atoms with E-state index >= 15 is 0 Å². The molecule has 1 atom stereocenters. The summed E-state index contributed by atoms with van der Waals surface area (Å²) in [6, 6.07) is 1.98. The number of hydrogen-bond donors (Lipinski definition) is 1. The van der Waals surface area contributed by atoms with Gasteiger partial charge in [0.15, 0.2) is 0 Å². The second-order valence-corrected chi connectivity index (χ2v) is 8.87. The number of aromatic amines is 1. The van der Waals surface area contributed by atoms with E-state index in [1.54, 1.807) is 11.8 Å². The zero-order valence-corrected chi connectivity index (χ0v) is 17.1. The molecule has 26 heavy (non-hydrogen) atoms. The molecule has 6 heteroatoms. The van der Waals surface area contributed by atoms with Crippen molar-refractivity contribution in [1.82, 2.24) is 9.55 Å². The molecule has 136 valence electrons. The quantitative estimate of drug-likeness (QED) is 0.535. The fourth-order valence-corrected chi connectivity index (χ4v) is 5.76. The van der Waals surface area contributed by atoms with Crippen LogP contribution in [0.5, 0.6) is 0 Å². The van der Waals surface area contributed by atoms with Crippen molar-refractivity contribution < 1.29 is 3.89 Å². The predicted molar refractivity (Wildman–Crippen MR) is 114 cm³/mol. The van der Waals surface area contributed by atoms with Gasteiger partial charge in [0.2, 0.25) is 0 Å². The van der Waals surface area contributed by atoms with Crippen LogP contribution in [-0.4, -0.2) is 9.55 Å². The van der Waals surface area contributed by atoms with E-state index in [9.17, 15) is 3.89 Å². The summed E-state index contributed by atoms with van der Waals surface area (Å²) in [5.41, 5.74) is 2.57. The van der Waals surface area contributed by atoms with Crippen molar-refractivity contribution in [2.75, 3.05) is 0 Å². The van der Waals surface area contributed by atoms with Gasteiger partial charge in [0.1, 0.15) is 5.65 Å². The van der Waals surface area contributed by atoms with Gasteiger partial charge >= 0.3 is 0 Å². The largest absolute Gasteiger partial charge is 0.347 e. The number of aryl methyl sites for hydroxylation is 1. The molecule has 2 aliphatic rings. The van der Waals surface area contributed by atoms with Crippen molar-refractivity contribution in [2.45, 2.75) is 50.0 Å². The first kappa shape index (κ1) is 18.1. The monoisotopic (exact) mass is 404 g/mol. The Kier molecular flexibility index (Phi) is 5.43. The summed E-state index contributed by atoms with van der Waals surface area (Å²) in [4.78, 5) is 6.59. The lowest BCUT2D eigenvalue weighted by Crippen LogP contribution is -2.15. The zero-order valence-electron chi connectivity index (χ0n) is 14.6. The summed E-state index contributed by atoms with van der Waals surface area (Å²) < 4.78 is 16.2. The highest BCUT2D eigenvalue weighted by molar-refractivity contribution is 8.03.